The molecule has 0 heterocycles. The first-order chi connectivity index (χ1) is 6.56. The summed E-state index contributed by atoms with van der Waals surface area (Å²) in [6.07, 6.45) is 0. The summed E-state index contributed by atoms with van der Waals surface area (Å²) in [5.74, 6) is -0.610. The second-order valence-electron chi connectivity index (χ2n) is 2.45. The number of esters is 1. The predicted molar refractivity (Wildman–Crippen MR) is 52.8 cm³/mol. The number of hydrogen-bond acceptors (Lipinski definition) is 5. The molecule has 7 heteroatoms. The molecule has 0 bridgehead atoms. The zero-order chi connectivity index (χ0) is 10.7. The summed E-state index contributed by atoms with van der Waals surface area (Å²) in [4.78, 5) is 21.1. The summed E-state index contributed by atoms with van der Waals surface area (Å²) < 4.78 is 4.42. The van der Waals surface area contributed by atoms with Crippen LogP contribution in [0.2, 0.25) is 0 Å². The molecule has 0 radical (unpaired) electrons. The molecule has 0 saturated carbocycles. The molecule has 0 atom stereocenters. The van der Waals surface area contributed by atoms with Crippen LogP contribution in [0.15, 0.2) is 23.1 Å². The van der Waals surface area contributed by atoms with Gasteiger partial charge >= 0.3 is 35.5 Å². The van der Waals surface area contributed by atoms with E-state index in [0.29, 0.717) is 0 Å². The van der Waals surface area contributed by atoms with Gasteiger partial charge in [0.15, 0.2) is 0 Å². The number of methoxy groups -OCH3 is 1. The summed E-state index contributed by atoms with van der Waals surface area (Å²) in [5, 5.41) is 10.5. The van der Waals surface area contributed by atoms with Gasteiger partial charge < -0.3 is 6.16 Å². The molecule has 0 aliphatic heterocycles. The van der Waals surface area contributed by atoms with Gasteiger partial charge in [-0.3, -0.25) is 10.1 Å². The molecule has 0 saturated heterocycles. The standard InChI is InChI=1S/C8H7NO4S.Na.H/c1-13-8(10)5-2-3-7(14)6(4-5)9(11)12;;/h2-4,14H,1H3;;/q;+1;-1. The minimum atomic E-state index is -0.610. The molecule has 0 amide bonds. The Bertz CT molecular complexity index is 402. The van der Waals surface area contributed by atoms with Gasteiger partial charge in [0.1, 0.15) is 0 Å². The molecule has 76 valence electrons. The predicted octanol–water partition coefficient (Wildman–Crippen LogP) is -1.21. The number of nitro benzene ring substituents is 1. The van der Waals surface area contributed by atoms with Crippen LogP contribution in [0.25, 0.3) is 0 Å². The monoisotopic (exact) mass is 237 g/mol. The van der Waals surface area contributed by atoms with E-state index in [2.05, 4.69) is 17.4 Å². The zero-order valence-corrected chi connectivity index (χ0v) is 11.2. The Kier molecular flexibility index (Phi) is 5.89. The number of carbonyl (C=O) groups is 1. The van der Waals surface area contributed by atoms with Gasteiger partial charge in [-0.15, -0.1) is 12.6 Å². The van der Waals surface area contributed by atoms with Crippen LogP contribution in [0.4, 0.5) is 5.69 Å². The Morgan fingerprint density at radius 1 is 1.60 bits per heavy atom. The average molecular weight is 237 g/mol. The van der Waals surface area contributed by atoms with Gasteiger partial charge in [0, 0.05) is 6.07 Å². The van der Waals surface area contributed by atoms with E-state index in [4.69, 9.17) is 0 Å². The maximum absolute atomic E-state index is 11.0. The Morgan fingerprint density at radius 3 is 2.67 bits per heavy atom. The molecule has 0 unspecified atom stereocenters. The first-order valence-electron chi connectivity index (χ1n) is 3.62. The van der Waals surface area contributed by atoms with Crippen molar-refractivity contribution in [3.05, 3.63) is 33.9 Å². The first-order valence-corrected chi connectivity index (χ1v) is 4.06. The van der Waals surface area contributed by atoms with Crippen LogP contribution in [-0.4, -0.2) is 18.0 Å². The molecule has 0 aromatic heterocycles. The quantitative estimate of drug-likeness (QED) is 0.230. The molecule has 0 aliphatic rings. The number of benzene rings is 1. The number of thiol groups is 1. The fourth-order valence-corrected chi connectivity index (χ4v) is 1.14. The van der Waals surface area contributed by atoms with Crippen molar-refractivity contribution in [1.82, 2.24) is 0 Å². The van der Waals surface area contributed by atoms with Crippen molar-refractivity contribution in [2.45, 2.75) is 4.90 Å². The van der Waals surface area contributed by atoms with Gasteiger partial charge in [0.2, 0.25) is 0 Å². The van der Waals surface area contributed by atoms with Crippen molar-refractivity contribution >= 4 is 24.3 Å². The SMILES string of the molecule is COC(=O)c1ccc(S)c([N+](=O)[O-])c1.[H-].[Na+]. The molecule has 0 aliphatic carbocycles. The van der Waals surface area contributed by atoms with Crippen LogP contribution in [0.3, 0.4) is 0 Å². The molecular formula is C8H8NNaO4S. The molecule has 1 aromatic carbocycles. The van der Waals surface area contributed by atoms with Crippen LogP contribution < -0.4 is 29.6 Å². The van der Waals surface area contributed by atoms with E-state index in [1.54, 1.807) is 0 Å². The fourth-order valence-electron chi connectivity index (χ4n) is 0.914. The van der Waals surface area contributed by atoms with E-state index in [0.717, 1.165) is 6.07 Å². The van der Waals surface area contributed by atoms with Crippen LogP contribution in [-0.2, 0) is 4.74 Å². The topological polar surface area (TPSA) is 69.4 Å². The van der Waals surface area contributed by atoms with Crippen LogP contribution in [0.1, 0.15) is 11.8 Å². The van der Waals surface area contributed by atoms with E-state index in [-0.39, 0.29) is 47.1 Å². The van der Waals surface area contributed by atoms with Crippen molar-refractivity contribution in [3.63, 3.8) is 0 Å². The second kappa shape index (κ2) is 6.12. The molecule has 1 aromatic rings. The number of nitrogens with zero attached hydrogens (tertiary/aromatic N) is 1. The van der Waals surface area contributed by atoms with Gasteiger partial charge in [0.05, 0.1) is 22.5 Å². The Morgan fingerprint density at radius 2 is 2.20 bits per heavy atom. The molecule has 0 fully saturated rings. The van der Waals surface area contributed by atoms with E-state index >= 15 is 0 Å². The number of carbonyl (C=O) groups excluding carboxylic acids is 1. The third-order valence-electron chi connectivity index (χ3n) is 1.59. The van der Waals surface area contributed by atoms with E-state index in [1.165, 1.54) is 19.2 Å². The number of hydrogen-bond donors (Lipinski definition) is 1. The van der Waals surface area contributed by atoms with E-state index in [9.17, 15) is 14.9 Å². The molecule has 1 rings (SSSR count). The maximum Gasteiger partial charge on any atom is 1.00 e. The minimum absolute atomic E-state index is 0. The summed E-state index contributed by atoms with van der Waals surface area (Å²) in [5.41, 5.74) is -0.0757. The zero-order valence-electron chi connectivity index (χ0n) is 9.26. The van der Waals surface area contributed by atoms with Gasteiger partial charge in [-0.25, -0.2) is 4.79 Å². The first kappa shape index (κ1) is 14.4. The summed E-state index contributed by atoms with van der Waals surface area (Å²) in [7, 11) is 1.21. The minimum Gasteiger partial charge on any atom is -1.00 e. The van der Waals surface area contributed by atoms with Crippen molar-refractivity contribution in [2.75, 3.05) is 7.11 Å². The Hall–Kier alpha value is -0.560. The van der Waals surface area contributed by atoms with Crippen molar-refractivity contribution in [1.29, 1.82) is 0 Å². The average Bonchev–Trinajstić information content (AvgIpc) is 2.17. The van der Waals surface area contributed by atoms with Crippen molar-refractivity contribution in [2.24, 2.45) is 0 Å². The van der Waals surface area contributed by atoms with Gasteiger partial charge in [-0.05, 0) is 12.1 Å². The molecule has 0 N–H and O–H groups in total. The number of rotatable bonds is 2. The van der Waals surface area contributed by atoms with Crippen molar-refractivity contribution < 1.29 is 45.4 Å². The molecule has 15 heavy (non-hydrogen) atoms. The van der Waals surface area contributed by atoms with Gasteiger partial charge in [-0.2, -0.15) is 0 Å². The third-order valence-corrected chi connectivity index (χ3v) is 1.97. The Labute approximate surface area is 115 Å². The van der Waals surface area contributed by atoms with Crippen LogP contribution in [0.5, 0.6) is 0 Å². The number of nitro groups is 1. The van der Waals surface area contributed by atoms with Crippen LogP contribution >= 0.6 is 12.6 Å². The summed E-state index contributed by atoms with van der Waals surface area (Å²) >= 11 is 3.89. The van der Waals surface area contributed by atoms with Crippen LogP contribution in [0, 0.1) is 10.1 Å². The van der Waals surface area contributed by atoms with Gasteiger partial charge in [-0.1, -0.05) is 0 Å². The Balaban J connectivity index is 0. The smallest absolute Gasteiger partial charge is 1.00 e. The second-order valence-corrected chi connectivity index (χ2v) is 2.93. The maximum atomic E-state index is 11.0. The normalized spacial score (nSPS) is 8.93. The van der Waals surface area contributed by atoms with E-state index < -0.39 is 10.9 Å². The molecule has 0 spiro atoms. The third kappa shape index (κ3) is 3.49. The molecular weight excluding hydrogens is 229 g/mol. The largest absolute Gasteiger partial charge is 1.00 e. The van der Waals surface area contributed by atoms with E-state index in [1.807, 2.05) is 0 Å². The fraction of sp³-hybridized carbons (Fsp3) is 0.125. The van der Waals surface area contributed by atoms with Crippen molar-refractivity contribution in [3.8, 4) is 0 Å². The number of ether oxygens (including phenoxy) is 1. The molecule has 5 nitrogen and oxygen atoms in total. The summed E-state index contributed by atoms with van der Waals surface area (Å²) in [6, 6.07) is 3.93. The summed E-state index contributed by atoms with van der Waals surface area (Å²) in [6.45, 7) is 0. The van der Waals surface area contributed by atoms with Gasteiger partial charge in [0.25, 0.3) is 5.69 Å².